The number of carboxylic acid groups (broad SMARTS) is 1. The molecule has 86 valence electrons. The third-order valence-electron chi connectivity index (χ3n) is 2.96. The van der Waals surface area contributed by atoms with Crippen LogP contribution in [0.3, 0.4) is 0 Å². The van der Waals surface area contributed by atoms with Crippen molar-refractivity contribution in [2.75, 3.05) is 0 Å². The van der Waals surface area contributed by atoms with Gasteiger partial charge in [0.05, 0.1) is 4.88 Å². The zero-order chi connectivity index (χ0) is 11.6. The van der Waals surface area contributed by atoms with E-state index < -0.39 is 11.5 Å². The Hall–Kier alpha value is -1.36. The molecule has 0 spiro atoms. The summed E-state index contributed by atoms with van der Waals surface area (Å²) in [7, 11) is 0. The van der Waals surface area contributed by atoms with E-state index in [1.165, 1.54) is 11.3 Å². The van der Waals surface area contributed by atoms with Crippen LogP contribution in [-0.4, -0.2) is 22.5 Å². The summed E-state index contributed by atoms with van der Waals surface area (Å²) in [6.45, 7) is 0. The first kappa shape index (κ1) is 11.1. The van der Waals surface area contributed by atoms with Gasteiger partial charge in [-0.2, -0.15) is 0 Å². The topological polar surface area (TPSA) is 66.4 Å². The summed E-state index contributed by atoms with van der Waals surface area (Å²) in [6.07, 6.45) is 2.77. The van der Waals surface area contributed by atoms with Gasteiger partial charge >= 0.3 is 5.97 Å². The van der Waals surface area contributed by atoms with Crippen LogP contribution in [0.5, 0.6) is 0 Å². The number of carbonyl (C=O) groups is 2. The average molecular weight is 239 g/mol. The molecule has 0 saturated heterocycles. The number of thiophene rings is 1. The first-order valence-corrected chi connectivity index (χ1v) is 6.11. The van der Waals surface area contributed by atoms with Gasteiger partial charge < -0.3 is 10.4 Å². The zero-order valence-corrected chi connectivity index (χ0v) is 9.55. The minimum atomic E-state index is -1.04. The molecular formula is C11H13NO3S. The molecule has 0 aromatic carbocycles. The fraction of sp³-hybridized carbons (Fsp3) is 0.455. The highest BCUT2D eigenvalue weighted by atomic mass is 32.1. The first-order valence-electron chi connectivity index (χ1n) is 5.23. The van der Waals surface area contributed by atoms with E-state index in [1.807, 2.05) is 0 Å². The molecule has 5 heteroatoms. The molecule has 0 aliphatic heterocycles. The minimum absolute atomic E-state index is 0.278. The highest BCUT2D eigenvalue weighted by molar-refractivity contribution is 7.12. The molecule has 0 bridgehead atoms. The Kier molecular flexibility index (Phi) is 2.96. The molecule has 1 aromatic heterocycles. The highest BCUT2D eigenvalue weighted by Crippen LogP contribution is 2.30. The van der Waals surface area contributed by atoms with Crippen molar-refractivity contribution in [3.05, 3.63) is 22.4 Å². The van der Waals surface area contributed by atoms with Crippen LogP contribution >= 0.6 is 11.3 Å². The van der Waals surface area contributed by atoms with E-state index in [4.69, 9.17) is 0 Å². The lowest BCUT2D eigenvalue weighted by Gasteiger charge is -2.24. The van der Waals surface area contributed by atoms with Gasteiger partial charge in [-0.15, -0.1) is 11.3 Å². The Balaban J connectivity index is 2.13. The number of carboxylic acids is 1. The van der Waals surface area contributed by atoms with Crippen LogP contribution < -0.4 is 5.32 Å². The van der Waals surface area contributed by atoms with Gasteiger partial charge in [-0.3, -0.25) is 4.79 Å². The van der Waals surface area contributed by atoms with Crippen molar-refractivity contribution >= 4 is 23.2 Å². The van der Waals surface area contributed by atoms with Crippen LogP contribution in [0.15, 0.2) is 17.5 Å². The number of hydrogen-bond acceptors (Lipinski definition) is 3. The number of rotatable bonds is 3. The van der Waals surface area contributed by atoms with Gasteiger partial charge in [0.2, 0.25) is 0 Å². The molecule has 2 N–H and O–H groups in total. The summed E-state index contributed by atoms with van der Waals surface area (Å²) >= 11 is 1.32. The van der Waals surface area contributed by atoms with Crippen molar-refractivity contribution in [1.29, 1.82) is 0 Å². The Labute approximate surface area is 97.3 Å². The molecule has 2 rings (SSSR count). The van der Waals surface area contributed by atoms with Crippen molar-refractivity contribution in [3.8, 4) is 0 Å². The lowest BCUT2D eigenvalue weighted by molar-refractivity contribution is -0.144. The maximum Gasteiger partial charge on any atom is 0.329 e. The van der Waals surface area contributed by atoms with E-state index in [0.29, 0.717) is 17.7 Å². The second-order valence-electron chi connectivity index (χ2n) is 4.03. The molecule has 1 heterocycles. The van der Waals surface area contributed by atoms with Crippen molar-refractivity contribution in [2.45, 2.75) is 31.2 Å². The molecule has 0 unspecified atom stereocenters. The van der Waals surface area contributed by atoms with E-state index in [0.717, 1.165) is 12.8 Å². The maximum absolute atomic E-state index is 11.8. The molecular weight excluding hydrogens is 226 g/mol. The predicted molar refractivity (Wildman–Crippen MR) is 60.6 cm³/mol. The molecule has 4 nitrogen and oxygen atoms in total. The normalized spacial score (nSPS) is 18.2. The monoisotopic (exact) mass is 239 g/mol. The third kappa shape index (κ3) is 1.95. The van der Waals surface area contributed by atoms with Gasteiger partial charge in [-0.25, -0.2) is 4.79 Å². The van der Waals surface area contributed by atoms with Crippen molar-refractivity contribution in [1.82, 2.24) is 5.32 Å². The van der Waals surface area contributed by atoms with Gasteiger partial charge in [0.15, 0.2) is 0 Å². The summed E-state index contributed by atoms with van der Waals surface area (Å²) in [6, 6.07) is 3.48. The number of nitrogens with one attached hydrogen (secondary N) is 1. The summed E-state index contributed by atoms with van der Waals surface area (Å²) in [5.74, 6) is -1.20. The summed E-state index contributed by atoms with van der Waals surface area (Å²) in [5, 5.41) is 13.7. The number of aliphatic carboxylic acids is 1. The minimum Gasteiger partial charge on any atom is -0.480 e. The molecule has 1 aliphatic carbocycles. The second-order valence-corrected chi connectivity index (χ2v) is 4.97. The summed E-state index contributed by atoms with van der Waals surface area (Å²) in [4.78, 5) is 23.6. The molecule has 0 radical (unpaired) electrons. The lowest BCUT2D eigenvalue weighted by Crippen LogP contribution is -2.52. The molecule has 1 aliphatic rings. The fourth-order valence-electron chi connectivity index (χ4n) is 2.06. The molecule has 1 aromatic rings. The number of carbonyl (C=O) groups excluding carboxylic acids is 1. The Bertz CT molecular complexity index is 393. The zero-order valence-electron chi connectivity index (χ0n) is 8.73. The van der Waals surface area contributed by atoms with Crippen LogP contribution in [-0.2, 0) is 4.79 Å². The Morgan fingerprint density at radius 2 is 2.06 bits per heavy atom. The largest absolute Gasteiger partial charge is 0.480 e. The number of amides is 1. The SMILES string of the molecule is O=C(NC1(C(=O)O)CCCC1)c1cccs1. The number of hydrogen-bond donors (Lipinski definition) is 2. The molecule has 1 fully saturated rings. The molecule has 1 saturated carbocycles. The standard InChI is InChI=1S/C11H13NO3S/c13-9(8-4-3-7-16-8)12-11(10(14)15)5-1-2-6-11/h3-4,7H,1-2,5-6H2,(H,12,13)(H,14,15). The van der Waals surface area contributed by atoms with Gasteiger partial charge in [0, 0.05) is 0 Å². The van der Waals surface area contributed by atoms with Gasteiger partial charge in [0.25, 0.3) is 5.91 Å². The van der Waals surface area contributed by atoms with Crippen LogP contribution in [0, 0.1) is 0 Å². The van der Waals surface area contributed by atoms with E-state index in [-0.39, 0.29) is 5.91 Å². The molecule has 0 atom stereocenters. The van der Waals surface area contributed by atoms with Crippen molar-refractivity contribution in [2.24, 2.45) is 0 Å². The van der Waals surface area contributed by atoms with Gasteiger partial charge in [-0.05, 0) is 24.3 Å². The van der Waals surface area contributed by atoms with Crippen LogP contribution in [0.1, 0.15) is 35.4 Å². The first-order chi connectivity index (χ1) is 7.64. The molecule has 1 amide bonds. The predicted octanol–water partition coefficient (Wildman–Crippen LogP) is 1.88. The smallest absolute Gasteiger partial charge is 0.329 e. The highest BCUT2D eigenvalue weighted by Gasteiger charge is 2.42. The maximum atomic E-state index is 11.8. The summed E-state index contributed by atoms with van der Waals surface area (Å²) in [5.41, 5.74) is -1.04. The van der Waals surface area contributed by atoms with Gasteiger partial charge in [0.1, 0.15) is 5.54 Å². The second kappa shape index (κ2) is 4.25. The average Bonchev–Trinajstić information content (AvgIpc) is 2.88. The van der Waals surface area contributed by atoms with E-state index in [2.05, 4.69) is 5.32 Å². The van der Waals surface area contributed by atoms with Gasteiger partial charge in [-0.1, -0.05) is 18.9 Å². The van der Waals surface area contributed by atoms with Crippen LogP contribution in [0.4, 0.5) is 0 Å². The lowest BCUT2D eigenvalue weighted by atomic mass is 9.98. The third-order valence-corrected chi connectivity index (χ3v) is 3.83. The van der Waals surface area contributed by atoms with E-state index in [1.54, 1.807) is 17.5 Å². The fourth-order valence-corrected chi connectivity index (χ4v) is 2.68. The van der Waals surface area contributed by atoms with E-state index >= 15 is 0 Å². The van der Waals surface area contributed by atoms with Crippen LogP contribution in [0.25, 0.3) is 0 Å². The Morgan fingerprint density at radius 3 is 2.56 bits per heavy atom. The molecule has 16 heavy (non-hydrogen) atoms. The van der Waals surface area contributed by atoms with Crippen LogP contribution in [0.2, 0.25) is 0 Å². The van der Waals surface area contributed by atoms with Crippen molar-refractivity contribution in [3.63, 3.8) is 0 Å². The van der Waals surface area contributed by atoms with Crippen molar-refractivity contribution < 1.29 is 14.7 Å². The summed E-state index contributed by atoms with van der Waals surface area (Å²) < 4.78 is 0. The quantitative estimate of drug-likeness (QED) is 0.846. The Morgan fingerprint density at radius 1 is 1.38 bits per heavy atom. The van der Waals surface area contributed by atoms with E-state index in [9.17, 15) is 14.7 Å².